The van der Waals surface area contributed by atoms with Crippen molar-refractivity contribution in [2.24, 2.45) is 0 Å². The summed E-state index contributed by atoms with van der Waals surface area (Å²) in [6.07, 6.45) is 0. The van der Waals surface area contributed by atoms with Crippen LogP contribution in [0, 0.1) is 13.8 Å². The molecule has 0 saturated carbocycles. The van der Waals surface area contributed by atoms with Gasteiger partial charge in [0.15, 0.2) is 0 Å². The molecule has 0 bridgehead atoms. The summed E-state index contributed by atoms with van der Waals surface area (Å²) in [6, 6.07) is 0. The molecule has 0 aliphatic rings. The molecule has 0 aromatic carbocycles. The summed E-state index contributed by atoms with van der Waals surface area (Å²) in [6.45, 7) is 3.88. The van der Waals surface area contributed by atoms with E-state index in [4.69, 9.17) is 4.52 Å². The van der Waals surface area contributed by atoms with Gasteiger partial charge >= 0.3 is 0 Å². The first-order valence-corrected chi connectivity index (χ1v) is 5.21. The maximum atomic E-state index is 5.01. The molecule has 0 saturated heterocycles. The number of aromatic nitrogens is 3. The molecule has 0 radical (unpaired) electrons. The molecule has 0 fully saturated rings. The number of hydrogen-bond donors (Lipinski definition) is 0. The Kier molecular flexibility index (Phi) is 2.17. The Hall–Kier alpha value is -0.750. The van der Waals surface area contributed by atoms with Crippen LogP contribution in [-0.4, -0.2) is 15.1 Å². The van der Waals surface area contributed by atoms with Crippen LogP contribution in [0.4, 0.5) is 0 Å². The van der Waals surface area contributed by atoms with Crippen LogP contribution in [0.2, 0.25) is 0 Å². The molecule has 13 heavy (non-hydrogen) atoms. The SMILES string of the molecule is Cc1nc(C)c(-c2nc(Br)no2)s1. The number of thiazole rings is 1. The van der Waals surface area contributed by atoms with Crippen molar-refractivity contribution in [1.29, 1.82) is 0 Å². The van der Waals surface area contributed by atoms with Crippen molar-refractivity contribution in [2.75, 3.05) is 0 Å². The number of hydrogen-bond acceptors (Lipinski definition) is 5. The zero-order chi connectivity index (χ0) is 9.42. The zero-order valence-corrected chi connectivity index (χ0v) is 9.44. The van der Waals surface area contributed by atoms with Crippen molar-refractivity contribution < 1.29 is 4.52 Å². The Morgan fingerprint density at radius 1 is 1.31 bits per heavy atom. The van der Waals surface area contributed by atoms with E-state index in [0.29, 0.717) is 10.6 Å². The van der Waals surface area contributed by atoms with Gasteiger partial charge in [0.05, 0.1) is 10.7 Å². The van der Waals surface area contributed by atoms with Crippen molar-refractivity contribution in [3.63, 3.8) is 0 Å². The topological polar surface area (TPSA) is 51.8 Å². The van der Waals surface area contributed by atoms with Crippen molar-refractivity contribution in [2.45, 2.75) is 13.8 Å². The van der Waals surface area contributed by atoms with Crippen LogP contribution in [0.15, 0.2) is 9.26 Å². The normalized spacial score (nSPS) is 10.7. The second kappa shape index (κ2) is 3.19. The van der Waals surface area contributed by atoms with E-state index in [9.17, 15) is 0 Å². The fourth-order valence-corrected chi connectivity index (χ4v) is 2.10. The first-order valence-electron chi connectivity index (χ1n) is 3.60. The van der Waals surface area contributed by atoms with E-state index in [1.807, 2.05) is 13.8 Å². The number of rotatable bonds is 1. The molecule has 0 atom stereocenters. The summed E-state index contributed by atoms with van der Waals surface area (Å²) in [4.78, 5) is 9.28. The third kappa shape index (κ3) is 1.64. The van der Waals surface area contributed by atoms with Gasteiger partial charge in [0.1, 0.15) is 4.88 Å². The molecule has 2 aromatic heterocycles. The van der Waals surface area contributed by atoms with Crippen molar-refractivity contribution in [3.05, 3.63) is 15.4 Å². The summed E-state index contributed by atoms with van der Waals surface area (Å²) in [5, 5.41) is 4.65. The minimum atomic E-state index is 0.466. The molecule has 2 rings (SSSR count). The van der Waals surface area contributed by atoms with Gasteiger partial charge in [0, 0.05) is 0 Å². The molecule has 0 amide bonds. The van der Waals surface area contributed by atoms with E-state index in [-0.39, 0.29) is 0 Å². The molecular formula is C7H6BrN3OS. The van der Waals surface area contributed by atoms with Crippen LogP contribution in [0.25, 0.3) is 10.8 Å². The van der Waals surface area contributed by atoms with Crippen LogP contribution >= 0.6 is 27.3 Å². The quantitative estimate of drug-likeness (QED) is 0.790. The van der Waals surface area contributed by atoms with Gasteiger partial charge in [-0.3, -0.25) is 0 Å². The summed E-state index contributed by atoms with van der Waals surface area (Å²) in [5.74, 6) is 0.523. The lowest BCUT2D eigenvalue weighted by Gasteiger charge is -1.85. The predicted octanol–water partition coefficient (Wildman–Crippen LogP) is 2.57. The van der Waals surface area contributed by atoms with E-state index < -0.39 is 0 Å². The minimum Gasteiger partial charge on any atom is -0.332 e. The van der Waals surface area contributed by atoms with Gasteiger partial charge in [0.2, 0.25) is 4.73 Å². The highest BCUT2D eigenvalue weighted by molar-refractivity contribution is 9.10. The lowest BCUT2D eigenvalue weighted by atomic mass is 10.4. The highest BCUT2D eigenvalue weighted by Gasteiger charge is 2.13. The second-order valence-corrected chi connectivity index (χ2v) is 4.43. The van der Waals surface area contributed by atoms with Gasteiger partial charge in [-0.15, -0.1) is 11.3 Å². The Bertz CT molecular complexity index is 437. The molecule has 0 N–H and O–H groups in total. The molecular weight excluding hydrogens is 254 g/mol. The van der Waals surface area contributed by atoms with Crippen LogP contribution < -0.4 is 0 Å². The molecule has 0 spiro atoms. The van der Waals surface area contributed by atoms with E-state index in [2.05, 4.69) is 31.1 Å². The largest absolute Gasteiger partial charge is 0.332 e. The van der Waals surface area contributed by atoms with Crippen LogP contribution in [0.5, 0.6) is 0 Å². The Morgan fingerprint density at radius 2 is 2.08 bits per heavy atom. The number of nitrogens with zero attached hydrogens (tertiary/aromatic N) is 3. The molecule has 0 unspecified atom stereocenters. The molecule has 0 aliphatic carbocycles. The summed E-state index contributed by atoms with van der Waals surface area (Å²) >= 11 is 4.68. The molecule has 2 aromatic rings. The predicted molar refractivity (Wildman–Crippen MR) is 52.6 cm³/mol. The molecule has 68 valence electrons. The van der Waals surface area contributed by atoms with Gasteiger partial charge in [-0.1, -0.05) is 0 Å². The van der Waals surface area contributed by atoms with Crippen LogP contribution in [-0.2, 0) is 0 Å². The molecule has 4 nitrogen and oxygen atoms in total. The third-order valence-electron chi connectivity index (χ3n) is 1.50. The average Bonchev–Trinajstić information content (AvgIpc) is 2.58. The molecule has 0 aliphatic heterocycles. The van der Waals surface area contributed by atoms with Crippen molar-refractivity contribution >= 4 is 27.3 Å². The van der Waals surface area contributed by atoms with Crippen LogP contribution in [0.1, 0.15) is 10.7 Å². The van der Waals surface area contributed by atoms with Gasteiger partial charge in [-0.25, -0.2) is 4.98 Å². The first-order chi connectivity index (χ1) is 6.16. The Balaban J connectivity index is 2.51. The monoisotopic (exact) mass is 259 g/mol. The van der Waals surface area contributed by atoms with Gasteiger partial charge in [0.25, 0.3) is 5.89 Å². The second-order valence-electron chi connectivity index (χ2n) is 2.52. The number of aryl methyl sites for hydroxylation is 2. The lowest BCUT2D eigenvalue weighted by molar-refractivity contribution is 0.427. The Labute approximate surface area is 87.1 Å². The van der Waals surface area contributed by atoms with E-state index in [1.165, 1.54) is 0 Å². The summed E-state index contributed by atoms with van der Waals surface area (Å²) in [7, 11) is 0. The first kappa shape index (κ1) is 8.83. The number of halogens is 1. The highest BCUT2D eigenvalue weighted by Crippen LogP contribution is 2.28. The third-order valence-corrected chi connectivity index (χ3v) is 2.88. The maximum absolute atomic E-state index is 5.01. The highest BCUT2D eigenvalue weighted by atomic mass is 79.9. The maximum Gasteiger partial charge on any atom is 0.270 e. The smallest absolute Gasteiger partial charge is 0.270 e. The molecule has 2 heterocycles. The van der Waals surface area contributed by atoms with Gasteiger partial charge in [-0.2, -0.15) is 4.98 Å². The van der Waals surface area contributed by atoms with E-state index in [0.717, 1.165) is 15.6 Å². The van der Waals surface area contributed by atoms with Crippen molar-refractivity contribution in [3.8, 4) is 10.8 Å². The van der Waals surface area contributed by atoms with Crippen LogP contribution in [0.3, 0.4) is 0 Å². The summed E-state index contributed by atoms with van der Waals surface area (Å²) < 4.78 is 5.47. The van der Waals surface area contributed by atoms with Crippen molar-refractivity contribution in [1.82, 2.24) is 15.1 Å². The standard InChI is InChI=1S/C7H6BrN3OS/c1-3-5(13-4(2)9-3)6-10-7(8)11-12-6/h1-2H3. The van der Waals surface area contributed by atoms with Gasteiger partial charge in [-0.05, 0) is 34.9 Å². The van der Waals surface area contributed by atoms with Gasteiger partial charge < -0.3 is 4.52 Å². The van der Waals surface area contributed by atoms with E-state index in [1.54, 1.807) is 11.3 Å². The zero-order valence-electron chi connectivity index (χ0n) is 7.04. The molecule has 6 heteroatoms. The summed E-state index contributed by atoms with van der Waals surface area (Å²) in [5.41, 5.74) is 0.929. The minimum absolute atomic E-state index is 0.466. The fourth-order valence-electron chi connectivity index (χ4n) is 1.03. The lowest BCUT2D eigenvalue weighted by Crippen LogP contribution is -1.76. The fraction of sp³-hybridized carbons (Fsp3) is 0.286. The average molecular weight is 260 g/mol. The van der Waals surface area contributed by atoms with E-state index >= 15 is 0 Å². The Morgan fingerprint density at radius 3 is 2.54 bits per heavy atom.